The quantitative estimate of drug-likeness (QED) is 0.706. The average Bonchev–Trinajstić information content (AvgIpc) is 2.62. The first-order valence-corrected chi connectivity index (χ1v) is 3.90. The lowest BCUT2D eigenvalue weighted by Gasteiger charge is -1.97. The number of rotatable bonds is 4. The molecule has 0 amide bonds. The highest BCUT2D eigenvalue weighted by molar-refractivity contribution is 5.85. The molecule has 0 radical (unpaired) electrons. The fourth-order valence-corrected chi connectivity index (χ4v) is 0.814. The monoisotopic (exact) mass is 220 g/mol. The zero-order chi connectivity index (χ0) is 9.68. The van der Waals surface area contributed by atoms with Crippen LogP contribution in [-0.2, 0) is 11.3 Å². The Morgan fingerprint density at radius 1 is 1.71 bits per heavy atom. The summed E-state index contributed by atoms with van der Waals surface area (Å²) in [5, 5.41) is 6.87. The molecule has 0 atom stereocenters. The van der Waals surface area contributed by atoms with Gasteiger partial charge in [0.2, 0.25) is 0 Å². The molecule has 0 saturated heterocycles. The van der Waals surface area contributed by atoms with E-state index in [9.17, 15) is 4.79 Å². The van der Waals surface area contributed by atoms with Crippen LogP contribution in [0, 0.1) is 0 Å². The summed E-state index contributed by atoms with van der Waals surface area (Å²) in [4.78, 5) is 14.7. The number of aromatic nitrogens is 3. The molecule has 0 bridgehead atoms. The van der Waals surface area contributed by atoms with Crippen LogP contribution in [0.5, 0.6) is 0 Å². The van der Waals surface area contributed by atoms with Gasteiger partial charge in [-0.25, -0.2) is 9.78 Å². The summed E-state index contributed by atoms with van der Waals surface area (Å²) < 4.78 is 6.05. The minimum Gasteiger partial charge on any atom is -0.463 e. The van der Waals surface area contributed by atoms with Crippen molar-refractivity contribution >= 4 is 18.4 Å². The van der Waals surface area contributed by atoms with E-state index in [0.29, 0.717) is 6.54 Å². The molecule has 0 aliphatic heterocycles. The van der Waals surface area contributed by atoms with Gasteiger partial charge in [0.1, 0.15) is 6.33 Å². The third-order valence-corrected chi connectivity index (χ3v) is 1.50. The van der Waals surface area contributed by atoms with Crippen LogP contribution in [0.25, 0.3) is 0 Å². The van der Waals surface area contributed by atoms with E-state index in [1.165, 1.54) is 13.4 Å². The highest BCUT2D eigenvalue weighted by Gasteiger charge is 2.10. The Morgan fingerprint density at radius 3 is 3.00 bits per heavy atom. The first-order chi connectivity index (χ1) is 6.27. The summed E-state index contributed by atoms with van der Waals surface area (Å²) >= 11 is 0. The number of ether oxygens (including phenoxy) is 1. The summed E-state index contributed by atoms with van der Waals surface area (Å²) in [7, 11) is 3.15. The predicted octanol–water partition coefficient (Wildman–Crippen LogP) is -0.294. The summed E-state index contributed by atoms with van der Waals surface area (Å²) in [5.41, 5.74) is 0. The first-order valence-electron chi connectivity index (χ1n) is 3.90. The fourth-order valence-electron chi connectivity index (χ4n) is 0.814. The van der Waals surface area contributed by atoms with Crippen molar-refractivity contribution in [1.82, 2.24) is 20.1 Å². The molecule has 14 heavy (non-hydrogen) atoms. The van der Waals surface area contributed by atoms with Crippen LogP contribution in [0.1, 0.15) is 10.6 Å². The highest BCUT2D eigenvalue weighted by atomic mass is 35.5. The van der Waals surface area contributed by atoms with Crippen LogP contribution in [0.15, 0.2) is 6.33 Å². The van der Waals surface area contributed by atoms with Crippen molar-refractivity contribution < 1.29 is 9.53 Å². The molecule has 0 aliphatic rings. The normalized spacial score (nSPS) is 9.29. The maximum Gasteiger partial charge on any atom is 0.377 e. The molecule has 1 aromatic heterocycles. The van der Waals surface area contributed by atoms with Crippen molar-refractivity contribution in [2.24, 2.45) is 0 Å². The van der Waals surface area contributed by atoms with Gasteiger partial charge in [-0.05, 0) is 7.05 Å². The molecule has 0 aromatic carbocycles. The second-order valence-electron chi connectivity index (χ2n) is 2.43. The zero-order valence-electron chi connectivity index (χ0n) is 8.06. The maximum absolute atomic E-state index is 10.9. The molecular weight excluding hydrogens is 208 g/mol. The number of methoxy groups -OCH3 is 1. The molecule has 0 spiro atoms. The lowest BCUT2D eigenvalue weighted by atomic mass is 10.6. The predicted molar refractivity (Wildman–Crippen MR) is 52.5 cm³/mol. The standard InChI is InChI=1S/C7H12N4O2.ClH/c1-8-3-4-11-5-9-6(10-11)7(12)13-2;/h5,8H,3-4H2,1-2H3;1H. The number of carbonyl (C=O) groups excluding carboxylic acids is 1. The van der Waals surface area contributed by atoms with E-state index in [2.05, 4.69) is 20.1 Å². The smallest absolute Gasteiger partial charge is 0.377 e. The number of carbonyl (C=O) groups is 1. The van der Waals surface area contributed by atoms with Gasteiger partial charge in [-0.1, -0.05) is 0 Å². The molecule has 1 heterocycles. The Bertz CT molecular complexity index is 289. The number of hydrogen-bond donors (Lipinski definition) is 1. The van der Waals surface area contributed by atoms with Crippen LogP contribution in [0.4, 0.5) is 0 Å². The van der Waals surface area contributed by atoms with Crippen molar-refractivity contribution in [2.75, 3.05) is 20.7 Å². The van der Waals surface area contributed by atoms with Gasteiger partial charge in [0.05, 0.1) is 13.7 Å². The number of halogens is 1. The van der Waals surface area contributed by atoms with E-state index in [4.69, 9.17) is 0 Å². The number of esters is 1. The Morgan fingerprint density at radius 2 is 2.43 bits per heavy atom. The Hall–Kier alpha value is -1.14. The van der Waals surface area contributed by atoms with Crippen molar-refractivity contribution in [2.45, 2.75) is 6.54 Å². The van der Waals surface area contributed by atoms with Crippen molar-refractivity contribution in [3.05, 3.63) is 12.2 Å². The van der Waals surface area contributed by atoms with E-state index in [1.54, 1.807) is 4.68 Å². The number of hydrogen-bond acceptors (Lipinski definition) is 5. The molecule has 0 unspecified atom stereocenters. The highest BCUT2D eigenvalue weighted by Crippen LogP contribution is 1.91. The van der Waals surface area contributed by atoms with Gasteiger partial charge in [0.25, 0.3) is 5.82 Å². The second kappa shape index (κ2) is 6.33. The Labute approximate surface area is 88.1 Å². The SMILES string of the molecule is CNCCn1cnc(C(=O)OC)n1.Cl. The van der Waals surface area contributed by atoms with Gasteiger partial charge in [0.15, 0.2) is 0 Å². The van der Waals surface area contributed by atoms with E-state index >= 15 is 0 Å². The maximum atomic E-state index is 10.9. The molecule has 6 nitrogen and oxygen atoms in total. The van der Waals surface area contributed by atoms with Crippen LogP contribution in [0.3, 0.4) is 0 Å². The minimum atomic E-state index is -0.511. The van der Waals surface area contributed by atoms with Gasteiger partial charge >= 0.3 is 5.97 Å². The third-order valence-electron chi connectivity index (χ3n) is 1.50. The average molecular weight is 221 g/mol. The topological polar surface area (TPSA) is 69.0 Å². The molecule has 0 saturated carbocycles. The van der Waals surface area contributed by atoms with Gasteiger partial charge in [-0.15, -0.1) is 17.5 Å². The van der Waals surface area contributed by atoms with E-state index in [0.717, 1.165) is 6.54 Å². The number of likely N-dealkylation sites (N-methyl/N-ethyl adjacent to an activating group) is 1. The molecule has 80 valence electrons. The number of nitrogens with zero attached hydrogens (tertiary/aromatic N) is 3. The van der Waals surface area contributed by atoms with Crippen LogP contribution in [-0.4, -0.2) is 41.4 Å². The lowest BCUT2D eigenvalue weighted by Crippen LogP contribution is -2.15. The van der Waals surface area contributed by atoms with E-state index < -0.39 is 5.97 Å². The molecular formula is C7H13ClN4O2. The lowest BCUT2D eigenvalue weighted by molar-refractivity contribution is 0.0586. The first kappa shape index (κ1) is 12.9. The summed E-state index contributed by atoms with van der Waals surface area (Å²) in [6, 6.07) is 0. The minimum absolute atomic E-state index is 0. The molecule has 1 N–H and O–H groups in total. The molecule has 0 fully saturated rings. The molecule has 7 heteroatoms. The Kier molecular flexibility index (Phi) is 5.82. The van der Waals surface area contributed by atoms with Gasteiger partial charge < -0.3 is 10.1 Å². The summed E-state index contributed by atoms with van der Waals surface area (Å²) in [5.74, 6) is -0.415. The Balaban J connectivity index is 0.00000169. The van der Waals surface area contributed by atoms with Crippen LogP contribution < -0.4 is 5.32 Å². The molecule has 1 aromatic rings. The van der Waals surface area contributed by atoms with Gasteiger partial charge in [0, 0.05) is 6.54 Å². The molecule has 1 rings (SSSR count). The van der Waals surface area contributed by atoms with Crippen LogP contribution >= 0.6 is 12.4 Å². The van der Waals surface area contributed by atoms with Crippen molar-refractivity contribution in [3.8, 4) is 0 Å². The van der Waals surface area contributed by atoms with Crippen molar-refractivity contribution in [3.63, 3.8) is 0 Å². The summed E-state index contributed by atoms with van der Waals surface area (Å²) in [6.07, 6.45) is 1.50. The van der Waals surface area contributed by atoms with Crippen molar-refractivity contribution in [1.29, 1.82) is 0 Å². The van der Waals surface area contributed by atoms with Crippen LogP contribution in [0.2, 0.25) is 0 Å². The van der Waals surface area contributed by atoms with E-state index in [1.807, 2.05) is 7.05 Å². The van der Waals surface area contributed by atoms with Gasteiger partial charge in [-0.2, -0.15) is 0 Å². The zero-order valence-corrected chi connectivity index (χ0v) is 8.87. The summed E-state index contributed by atoms with van der Waals surface area (Å²) in [6.45, 7) is 1.46. The van der Waals surface area contributed by atoms with Gasteiger partial charge in [-0.3, -0.25) is 4.68 Å². The second-order valence-corrected chi connectivity index (χ2v) is 2.43. The number of nitrogens with one attached hydrogen (secondary N) is 1. The molecule has 0 aliphatic carbocycles. The largest absolute Gasteiger partial charge is 0.463 e. The fraction of sp³-hybridized carbons (Fsp3) is 0.571. The van der Waals surface area contributed by atoms with E-state index in [-0.39, 0.29) is 18.2 Å². The third kappa shape index (κ3) is 3.31.